The molecule has 1 N–H and O–H groups in total. The molecule has 0 atom stereocenters. The van der Waals surface area contributed by atoms with Gasteiger partial charge in [0, 0.05) is 12.6 Å². The van der Waals surface area contributed by atoms with Crippen molar-refractivity contribution in [2.45, 2.75) is 6.92 Å². The average molecular weight is 243 g/mol. The molecule has 1 aromatic carbocycles. The lowest BCUT2D eigenvalue weighted by atomic mass is 10.2. The molecule has 17 heavy (non-hydrogen) atoms. The third-order valence-corrected chi connectivity index (χ3v) is 2.16. The predicted octanol–water partition coefficient (Wildman–Crippen LogP) is 1.51. The Labute approximate surface area is 96.5 Å². The first-order valence-corrected chi connectivity index (χ1v) is 4.91. The van der Waals surface area contributed by atoms with E-state index in [0.717, 1.165) is 17.0 Å². The molecular formula is C11H11F2NO3. The molecule has 4 nitrogen and oxygen atoms in total. The van der Waals surface area contributed by atoms with E-state index in [9.17, 15) is 18.4 Å². The van der Waals surface area contributed by atoms with Gasteiger partial charge < -0.3 is 10.0 Å². The monoisotopic (exact) mass is 243 g/mol. The lowest BCUT2D eigenvalue weighted by molar-refractivity contribution is -0.137. The molecule has 1 aromatic rings. The van der Waals surface area contributed by atoms with Crippen LogP contribution in [-0.2, 0) is 4.79 Å². The number of rotatable bonds is 4. The van der Waals surface area contributed by atoms with Crippen molar-refractivity contribution in [2.24, 2.45) is 0 Å². The van der Waals surface area contributed by atoms with Crippen LogP contribution in [0.15, 0.2) is 18.2 Å². The van der Waals surface area contributed by atoms with Gasteiger partial charge in [-0.05, 0) is 19.1 Å². The number of carboxylic acid groups (broad SMARTS) is 1. The second-order valence-corrected chi connectivity index (χ2v) is 3.34. The summed E-state index contributed by atoms with van der Waals surface area (Å²) in [4.78, 5) is 23.2. The van der Waals surface area contributed by atoms with Crippen LogP contribution >= 0.6 is 0 Å². The number of aliphatic carboxylic acids is 1. The standard InChI is InChI=1S/C11H11F2NO3/c1-2-14(6-10(15)16)11(17)8-4-3-7(12)5-9(8)13/h3-5H,2,6H2,1H3,(H,15,16). The Morgan fingerprint density at radius 2 is 2.00 bits per heavy atom. The molecule has 92 valence electrons. The minimum atomic E-state index is -1.19. The molecule has 0 bridgehead atoms. The Kier molecular flexibility index (Phi) is 4.14. The molecule has 1 rings (SSSR count). The summed E-state index contributed by atoms with van der Waals surface area (Å²) >= 11 is 0. The number of carbonyl (C=O) groups is 2. The smallest absolute Gasteiger partial charge is 0.323 e. The summed E-state index contributed by atoms with van der Waals surface area (Å²) in [7, 11) is 0. The lowest BCUT2D eigenvalue weighted by Crippen LogP contribution is -2.35. The minimum Gasteiger partial charge on any atom is -0.480 e. The van der Waals surface area contributed by atoms with Gasteiger partial charge in [0.05, 0.1) is 5.56 Å². The fraction of sp³-hybridized carbons (Fsp3) is 0.273. The molecule has 0 unspecified atom stereocenters. The molecular weight excluding hydrogens is 232 g/mol. The Balaban J connectivity index is 2.97. The fourth-order valence-electron chi connectivity index (χ4n) is 1.32. The van der Waals surface area contributed by atoms with Crippen molar-refractivity contribution in [2.75, 3.05) is 13.1 Å². The molecule has 0 aliphatic heterocycles. The van der Waals surface area contributed by atoms with Crippen LogP contribution in [0, 0.1) is 11.6 Å². The molecule has 0 spiro atoms. The van der Waals surface area contributed by atoms with Crippen molar-refractivity contribution in [1.29, 1.82) is 0 Å². The highest BCUT2D eigenvalue weighted by Crippen LogP contribution is 2.12. The average Bonchev–Trinajstić information content (AvgIpc) is 2.24. The number of hydrogen-bond acceptors (Lipinski definition) is 2. The summed E-state index contributed by atoms with van der Waals surface area (Å²) in [6.45, 7) is 1.18. The van der Waals surface area contributed by atoms with E-state index in [1.54, 1.807) is 6.92 Å². The second-order valence-electron chi connectivity index (χ2n) is 3.34. The molecule has 0 saturated heterocycles. The lowest BCUT2D eigenvalue weighted by Gasteiger charge is -2.18. The van der Waals surface area contributed by atoms with Crippen molar-refractivity contribution >= 4 is 11.9 Å². The number of amides is 1. The number of carboxylic acids is 1. The zero-order valence-corrected chi connectivity index (χ0v) is 9.11. The molecule has 0 saturated carbocycles. The highest BCUT2D eigenvalue weighted by molar-refractivity contribution is 5.96. The first-order chi connectivity index (χ1) is 7.95. The van der Waals surface area contributed by atoms with Gasteiger partial charge in [-0.15, -0.1) is 0 Å². The van der Waals surface area contributed by atoms with Crippen LogP contribution < -0.4 is 0 Å². The highest BCUT2D eigenvalue weighted by atomic mass is 19.1. The van der Waals surface area contributed by atoms with Gasteiger partial charge in [0.25, 0.3) is 5.91 Å². The van der Waals surface area contributed by atoms with Gasteiger partial charge in [-0.2, -0.15) is 0 Å². The summed E-state index contributed by atoms with van der Waals surface area (Å²) in [5, 5.41) is 8.58. The normalized spacial score (nSPS) is 10.1. The zero-order valence-electron chi connectivity index (χ0n) is 9.11. The first-order valence-electron chi connectivity index (χ1n) is 4.91. The van der Waals surface area contributed by atoms with Gasteiger partial charge in [0.15, 0.2) is 0 Å². The number of halogens is 2. The van der Waals surface area contributed by atoms with Crippen LogP contribution in [-0.4, -0.2) is 35.0 Å². The van der Waals surface area contributed by atoms with E-state index < -0.39 is 30.1 Å². The highest BCUT2D eigenvalue weighted by Gasteiger charge is 2.20. The third kappa shape index (κ3) is 3.24. The van der Waals surface area contributed by atoms with E-state index in [1.807, 2.05) is 0 Å². The van der Waals surface area contributed by atoms with Crippen LogP contribution in [0.1, 0.15) is 17.3 Å². The number of likely N-dealkylation sites (N-methyl/N-ethyl adjacent to an activating group) is 1. The SMILES string of the molecule is CCN(CC(=O)O)C(=O)c1ccc(F)cc1F. The zero-order chi connectivity index (χ0) is 13.0. The molecule has 1 amide bonds. The Morgan fingerprint density at radius 3 is 2.47 bits per heavy atom. The summed E-state index contributed by atoms with van der Waals surface area (Å²) in [6.07, 6.45) is 0. The van der Waals surface area contributed by atoms with Crippen molar-refractivity contribution in [3.63, 3.8) is 0 Å². The Hall–Kier alpha value is -1.98. The van der Waals surface area contributed by atoms with Crippen molar-refractivity contribution in [1.82, 2.24) is 4.90 Å². The number of hydrogen-bond donors (Lipinski definition) is 1. The molecule has 0 aliphatic carbocycles. The van der Waals surface area contributed by atoms with E-state index in [-0.39, 0.29) is 12.1 Å². The Bertz CT molecular complexity index is 448. The van der Waals surface area contributed by atoms with Gasteiger partial charge in [0.2, 0.25) is 0 Å². The van der Waals surface area contributed by atoms with Crippen LogP contribution in [0.4, 0.5) is 8.78 Å². The van der Waals surface area contributed by atoms with Crippen molar-refractivity contribution < 1.29 is 23.5 Å². The minimum absolute atomic E-state index is 0.127. The Morgan fingerprint density at radius 1 is 1.35 bits per heavy atom. The van der Waals surface area contributed by atoms with Crippen molar-refractivity contribution in [3.05, 3.63) is 35.4 Å². The van der Waals surface area contributed by atoms with Gasteiger partial charge in [-0.1, -0.05) is 0 Å². The second kappa shape index (κ2) is 5.38. The van der Waals surface area contributed by atoms with E-state index >= 15 is 0 Å². The molecule has 0 aliphatic rings. The summed E-state index contributed by atoms with van der Waals surface area (Å²) in [5.74, 6) is -3.76. The molecule has 0 radical (unpaired) electrons. The van der Waals surface area contributed by atoms with E-state index in [4.69, 9.17) is 5.11 Å². The van der Waals surface area contributed by atoms with Crippen LogP contribution in [0.25, 0.3) is 0 Å². The maximum atomic E-state index is 13.3. The largest absolute Gasteiger partial charge is 0.480 e. The maximum Gasteiger partial charge on any atom is 0.323 e. The van der Waals surface area contributed by atoms with Crippen LogP contribution in [0.5, 0.6) is 0 Å². The van der Waals surface area contributed by atoms with Gasteiger partial charge >= 0.3 is 5.97 Å². The number of carbonyl (C=O) groups excluding carboxylic acids is 1. The summed E-state index contributed by atoms with van der Waals surface area (Å²) in [6, 6.07) is 2.53. The molecule has 0 fully saturated rings. The number of nitrogens with zero attached hydrogens (tertiary/aromatic N) is 1. The predicted molar refractivity (Wildman–Crippen MR) is 55.6 cm³/mol. The van der Waals surface area contributed by atoms with Gasteiger partial charge in [-0.25, -0.2) is 8.78 Å². The first kappa shape index (κ1) is 13.1. The van der Waals surface area contributed by atoms with E-state index in [2.05, 4.69) is 0 Å². The quantitative estimate of drug-likeness (QED) is 0.872. The molecule has 6 heteroatoms. The fourth-order valence-corrected chi connectivity index (χ4v) is 1.32. The molecule has 0 aromatic heterocycles. The van der Waals surface area contributed by atoms with Gasteiger partial charge in [0.1, 0.15) is 18.2 Å². The van der Waals surface area contributed by atoms with E-state index in [0.29, 0.717) is 6.07 Å². The van der Waals surface area contributed by atoms with Crippen LogP contribution in [0.3, 0.4) is 0 Å². The number of benzene rings is 1. The van der Waals surface area contributed by atoms with Crippen LogP contribution in [0.2, 0.25) is 0 Å². The van der Waals surface area contributed by atoms with E-state index in [1.165, 1.54) is 0 Å². The molecule has 0 heterocycles. The summed E-state index contributed by atoms with van der Waals surface area (Å²) < 4.78 is 25.9. The summed E-state index contributed by atoms with van der Waals surface area (Å²) in [5.41, 5.74) is -0.338. The maximum absolute atomic E-state index is 13.3. The van der Waals surface area contributed by atoms with Gasteiger partial charge in [-0.3, -0.25) is 9.59 Å². The topological polar surface area (TPSA) is 57.6 Å². The third-order valence-electron chi connectivity index (χ3n) is 2.16. The van der Waals surface area contributed by atoms with Crippen molar-refractivity contribution in [3.8, 4) is 0 Å².